The largest absolute Gasteiger partial charge is 0.379 e. The van der Waals surface area contributed by atoms with Crippen LogP contribution in [-0.2, 0) is 9.53 Å². The van der Waals surface area contributed by atoms with Gasteiger partial charge >= 0.3 is 0 Å². The third kappa shape index (κ3) is 4.79. The first-order chi connectivity index (χ1) is 6.83. The van der Waals surface area contributed by atoms with Gasteiger partial charge in [0, 0.05) is 18.8 Å². The lowest BCUT2D eigenvalue weighted by molar-refractivity contribution is -0.107. The maximum atomic E-state index is 10.9. The van der Waals surface area contributed by atoms with Crippen LogP contribution in [0.1, 0.15) is 6.42 Å². The second kappa shape index (κ2) is 7.04. The molecule has 0 N–H and O–H groups in total. The molecular formula is C10H17NO2S. The fraction of sp³-hybridized carbons (Fsp3) is 0.700. The van der Waals surface area contributed by atoms with Gasteiger partial charge in [-0.1, -0.05) is 18.3 Å². The van der Waals surface area contributed by atoms with E-state index in [1.54, 1.807) is 0 Å². The summed E-state index contributed by atoms with van der Waals surface area (Å²) in [5.41, 5.74) is 0. The molecule has 1 saturated heterocycles. The van der Waals surface area contributed by atoms with Gasteiger partial charge in [0.2, 0.25) is 5.12 Å². The van der Waals surface area contributed by atoms with Crippen molar-refractivity contribution in [1.82, 2.24) is 4.90 Å². The summed E-state index contributed by atoms with van der Waals surface area (Å²) in [5, 5.41) is 0.0759. The predicted octanol–water partition coefficient (Wildman–Crippen LogP) is 1.15. The number of ether oxygens (including phenoxy) is 1. The third-order valence-electron chi connectivity index (χ3n) is 2.13. The van der Waals surface area contributed by atoms with Crippen LogP contribution in [0.2, 0.25) is 0 Å². The van der Waals surface area contributed by atoms with Gasteiger partial charge < -0.3 is 4.74 Å². The monoisotopic (exact) mass is 215 g/mol. The van der Waals surface area contributed by atoms with E-state index in [1.807, 2.05) is 0 Å². The van der Waals surface area contributed by atoms with E-state index in [0.717, 1.165) is 45.0 Å². The molecule has 0 spiro atoms. The van der Waals surface area contributed by atoms with E-state index < -0.39 is 0 Å². The molecule has 0 aromatic carbocycles. The van der Waals surface area contributed by atoms with Gasteiger partial charge in [0.1, 0.15) is 0 Å². The molecule has 1 aliphatic heterocycles. The van der Waals surface area contributed by atoms with Gasteiger partial charge in [-0.3, -0.25) is 9.69 Å². The first-order valence-electron chi connectivity index (χ1n) is 4.92. The Morgan fingerprint density at radius 2 is 2.21 bits per heavy atom. The highest BCUT2D eigenvalue weighted by Gasteiger charge is 2.09. The molecule has 1 fully saturated rings. The topological polar surface area (TPSA) is 29.5 Å². The highest BCUT2D eigenvalue weighted by atomic mass is 32.2. The van der Waals surface area contributed by atoms with E-state index in [4.69, 9.17) is 4.74 Å². The summed E-state index contributed by atoms with van der Waals surface area (Å²) in [4.78, 5) is 13.3. The molecule has 0 aromatic rings. The molecule has 0 atom stereocenters. The molecule has 0 saturated carbocycles. The Balaban J connectivity index is 1.97. The minimum Gasteiger partial charge on any atom is -0.379 e. The summed E-state index contributed by atoms with van der Waals surface area (Å²) in [5.74, 6) is 0.891. The van der Waals surface area contributed by atoms with Crippen molar-refractivity contribution in [3.63, 3.8) is 0 Å². The van der Waals surface area contributed by atoms with E-state index in [2.05, 4.69) is 11.5 Å². The molecule has 14 heavy (non-hydrogen) atoms. The van der Waals surface area contributed by atoms with Crippen LogP contribution in [0.15, 0.2) is 12.7 Å². The van der Waals surface area contributed by atoms with Crippen LogP contribution in [0, 0.1) is 0 Å². The number of nitrogens with zero attached hydrogens (tertiary/aromatic N) is 1. The zero-order chi connectivity index (χ0) is 10.2. The van der Waals surface area contributed by atoms with Crippen LogP contribution in [0.5, 0.6) is 0 Å². The van der Waals surface area contributed by atoms with Crippen LogP contribution < -0.4 is 0 Å². The smallest absolute Gasteiger partial charge is 0.211 e. The Labute approximate surface area is 89.5 Å². The molecule has 1 rings (SSSR count). The van der Waals surface area contributed by atoms with Crippen LogP contribution in [0.25, 0.3) is 0 Å². The van der Waals surface area contributed by atoms with Crippen molar-refractivity contribution in [1.29, 1.82) is 0 Å². The van der Waals surface area contributed by atoms with Crippen LogP contribution in [-0.4, -0.2) is 48.6 Å². The molecule has 80 valence electrons. The molecular weight excluding hydrogens is 198 g/mol. The average molecular weight is 215 g/mol. The summed E-state index contributed by atoms with van der Waals surface area (Å²) in [7, 11) is 0. The summed E-state index contributed by atoms with van der Waals surface area (Å²) in [6, 6.07) is 0. The molecule has 1 aliphatic rings. The lowest BCUT2D eigenvalue weighted by Gasteiger charge is -2.26. The predicted molar refractivity (Wildman–Crippen MR) is 59.5 cm³/mol. The Kier molecular flexibility index (Phi) is 5.91. The summed E-state index contributed by atoms with van der Waals surface area (Å²) >= 11 is 1.35. The number of thioether (sulfide) groups is 1. The van der Waals surface area contributed by atoms with E-state index in [1.165, 1.54) is 17.8 Å². The highest BCUT2D eigenvalue weighted by molar-refractivity contribution is 8.14. The third-order valence-corrected chi connectivity index (χ3v) is 3.08. The summed E-state index contributed by atoms with van der Waals surface area (Å²) in [6.45, 7) is 8.25. The Hall–Kier alpha value is -0.320. The molecule has 4 heteroatoms. The van der Waals surface area contributed by atoms with Crippen LogP contribution in [0.4, 0.5) is 0 Å². The Bertz CT molecular complexity index is 191. The molecule has 0 bridgehead atoms. The van der Waals surface area contributed by atoms with Crippen molar-refractivity contribution in [3.8, 4) is 0 Å². The van der Waals surface area contributed by atoms with Crippen molar-refractivity contribution in [2.75, 3.05) is 38.6 Å². The van der Waals surface area contributed by atoms with Crippen molar-refractivity contribution in [2.24, 2.45) is 0 Å². The Morgan fingerprint density at radius 3 is 2.86 bits per heavy atom. The maximum Gasteiger partial charge on any atom is 0.211 e. The number of hydrogen-bond acceptors (Lipinski definition) is 4. The standard InChI is InChI=1S/C10H17NO2S/c1-2-10(12)14-9-3-4-11-5-7-13-8-6-11/h2H,1,3-9H2. The first-order valence-corrected chi connectivity index (χ1v) is 5.91. The second-order valence-corrected chi connectivity index (χ2v) is 4.28. The molecule has 0 amide bonds. The maximum absolute atomic E-state index is 10.9. The van der Waals surface area contributed by atoms with E-state index in [0.29, 0.717) is 0 Å². The number of carbonyl (C=O) groups excluding carboxylic acids is 1. The van der Waals surface area contributed by atoms with Gasteiger partial charge in [-0.2, -0.15) is 0 Å². The highest BCUT2D eigenvalue weighted by Crippen LogP contribution is 2.06. The summed E-state index contributed by atoms with van der Waals surface area (Å²) in [6.07, 6.45) is 2.43. The normalized spacial score (nSPS) is 18.0. The van der Waals surface area contributed by atoms with Crippen molar-refractivity contribution >= 4 is 16.9 Å². The average Bonchev–Trinajstić information content (AvgIpc) is 2.25. The van der Waals surface area contributed by atoms with Crippen molar-refractivity contribution in [3.05, 3.63) is 12.7 Å². The molecule has 1 heterocycles. The van der Waals surface area contributed by atoms with Crippen molar-refractivity contribution in [2.45, 2.75) is 6.42 Å². The lowest BCUT2D eigenvalue weighted by Crippen LogP contribution is -2.37. The SMILES string of the molecule is C=CC(=O)SCCCN1CCOCC1. The number of hydrogen-bond donors (Lipinski definition) is 0. The zero-order valence-corrected chi connectivity index (χ0v) is 9.22. The number of carbonyl (C=O) groups is 1. The molecule has 0 aromatic heterocycles. The van der Waals surface area contributed by atoms with Gasteiger partial charge in [-0.05, 0) is 19.0 Å². The van der Waals surface area contributed by atoms with E-state index in [9.17, 15) is 4.79 Å². The fourth-order valence-electron chi connectivity index (χ4n) is 1.34. The van der Waals surface area contributed by atoms with E-state index >= 15 is 0 Å². The Morgan fingerprint density at radius 1 is 1.50 bits per heavy atom. The number of rotatable bonds is 5. The van der Waals surface area contributed by atoms with Crippen LogP contribution >= 0.6 is 11.8 Å². The quantitative estimate of drug-likeness (QED) is 0.508. The zero-order valence-electron chi connectivity index (χ0n) is 8.41. The van der Waals surface area contributed by atoms with Gasteiger partial charge in [0.05, 0.1) is 13.2 Å². The van der Waals surface area contributed by atoms with Gasteiger partial charge in [-0.25, -0.2) is 0 Å². The van der Waals surface area contributed by atoms with Gasteiger partial charge in [0.25, 0.3) is 0 Å². The number of morpholine rings is 1. The fourth-order valence-corrected chi connectivity index (χ4v) is 1.94. The minimum absolute atomic E-state index is 0.0759. The summed E-state index contributed by atoms with van der Waals surface area (Å²) < 4.78 is 5.25. The van der Waals surface area contributed by atoms with Crippen molar-refractivity contribution < 1.29 is 9.53 Å². The molecule has 0 aliphatic carbocycles. The lowest BCUT2D eigenvalue weighted by atomic mass is 10.4. The molecule has 0 radical (unpaired) electrons. The minimum atomic E-state index is 0.0759. The molecule has 0 unspecified atom stereocenters. The first kappa shape index (κ1) is 11.8. The van der Waals surface area contributed by atoms with Crippen LogP contribution in [0.3, 0.4) is 0 Å². The van der Waals surface area contributed by atoms with Gasteiger partial charge in [-0.15, -0.1) is 0 Å². The van der Waals surface area contributed by atoms with Gasteiger partial charge in [0.15, 0.2) is 0 Å². The van der Waals surface area contributed by atoms with E-state index in [-0.39, 0.29) is 5.12 Å². The second-order valence-electron chi connectivity index (χ2n) is 3.18. The molecule has 3 nitrogen and oxygen atoms in total.